The van der Waals surface area contributed by atoms with Gasteiger partial charge in [0.15, 0.2) is 0 Å². The summed E-state index contributed by atoms with van der Waals surface area (Å²) in [7, 11) is 0. The van der Waals surface area contributed by atoms with Crippen LogP contribution in [0.15, 0.2) is 30.3 Å². The third kappa shape index (κ3) is 5.29. The summed E-state index contributed by atoms with van der Waals surface area (Å²) in [6.45, 7) is 3.71. The Balaban J connectivity index is 1.83. The first-order valence-electron chi connectivity index (χ1n) is 11.4. The van der Waals surface area contributed by atoms with E-state index in [4.69, 9.17) is 4.74 Å². The third-order valence-electron chi connectivity index (χ3n) is 6.65. The van der Waals surface area contributed by atoms with Gasteiger partial charge in [-0.2, -0.15) is 11.8 Å². The molecule has 32 heavy (non-hydrogen) atoms. The average molecular weight is 463 g/mol. The summed E-state index contributed by atoms with van der Waals surface area (Å²) in [4.78, 5) is 39.9. The minimum atomic E-state index is -0.951. The molecule has 0 radical (unpaired) electrons. The molecule has 1 heterocycles. The highest BCUT2D eigenvalue weighted by atomic mass is 32.2. The predicted molar refractivity (Wildman–Crippen MR) is 124 cm³/mol. The van der Waals surface area contributed by atoms with Gasteiger partial charge >= 0.3 is 11.9 Å². The maximum atomic E-state index is 13.5. The summed E-state index contributed by atoms with van der Waals surface area (Å²) in [5, 5.41) is 12.7. The predicted octanol–water partition coefficient (Wildman–Crippen LogP) is 3.24. The summed E-state index contributed by atoms with van der Waals surface area (Å²) in [6, 6.07) is 7.37. The van der Waals surface area contributed by atoms with Gasteiger partial charge in [-0.3, -0.25) is 14.9 Å². The SMILES string of the molecule is CCOC(=O)C(NC(C)C(=O)N1C(C(=O)O)CC2CCCCC21)C(SC)c1ccccc1. The van der Waals surface area contributed by atoms with E-state index in [1.165, 1.54) is 11.8 Å². The van der Waals surface area contributed by atoms with E-state index >= 15 is 0 Å². The van der Waals surface area contributed by atoms with Gasteiger partial charge in [-0.05, 0) is 50.8 Å². The van der Waals surface area contributed by atoms with Crippen LogP contribution in [0.5, 0.6) is 0 Å². The fourth-order valence-corrected chi connectivity index (χ4v) is 6.07. The highest BCUT2D eigenvalue weighted by Crippen LogP contribution is 2.40. The number of thioether (sulfide) groups is 1. The molecule has 0 bridgehead atoms. The standard InChI is InChI=1S/C24H34N2O5S/c1-4-31-24(30)20(21(32-3)16-10-6-5-7-11-16)25-15(2)22(27)26-18-13-9-8-12-17(18)14-19(26)23(28)29/h5-7,10-11,15,17-21,25H,4,8-9,12-14H2,1-3H3,(H,28,29). The molecule has 3 rings (SSSR count). The lowest BCUT2D eigenvalue weighted by Crippen LogP contribution is -2.56. The molecule has 2 aliphatic rings. The van der Waals surface area contributed by atoms with Gasteiger partial charge in [0.05, 0.1) is 17.9 Å². The van der Waals surface area contributed by atoms with Crippen LogP contribution in [-0.2, 0) is 19.1 Å². The number of nitrogens with zero attached hydrogens (tertiary/aromatic N) is 1. The van der Waals surface area contributed by atoms with Crippen molar-refractivity contribution in [2.24, 2.45) is 5.92 Å². The molecule has 0 aromatic heterocycles. The molecule has 6 unspecified atom stereocenters. The van der Waals surface area contributed by atoms with Crippen LogP contribution in [0.1, 0.15) is 56.8 Å². The minimum absolute atomic E-state index is 0.0342. The lowest BCUT2D eigenvalue weighted by atomic mass is 9.84. The minimum Gasteiger partial charge on any atom is -0.480 e. The summed E-state index contributed by atoms with van der Waals surface area (Å²) in [5.41, 5.74) is 0.960. The van der Waals surface area contributed by atoms with Crippen molar-refractivity contribution < 1.29 is 24.2 Å². The summed E-state index contributed by atoms with van der Waals surface area (Å²) in [6.07, 6.45) is 6.33. The van der Waals surface area contributed by atoms with Gasteiger partial charge in [-0.25, -0.2) is 4.79 Å². The molecule has 8 heteroatoms. The Morgan fingerprint density at radius 1 is 1.22 bits per heavy atom. The van der Waals surface area contributed by atoms with Crippen LogP contribution >= 0.6 is 11.8 Å². The van der Waals surface area contributed by atoms with Crippen molar-refractivity contribution in [1.29, 1.82) is 0 Å². The van der Waals surface area contributed by atoms with E-state index in [0.29, 0.717) is 6.42 Å². The van der Waals surface area contributed by atoms with Gasteiger partial charge in [-0.15, -0.1) is 0 Å². The van der Waals surface area contributed by atoms with Crippen molar-refractivity contribution in [3.63, 3.8) is 0 Å². The normalized spacial score (nSPS) is 25.5. The lowest BCUT2D eigenvalue weighted by molar-refractivity contribution is -0.152. The number of fused-ring (bicyclic) bond motifs is 1. The zero-order chi connectivity index (χ0) is 23.3. The number of carbonyl (C=O) groups is 3. The van der Waals surface area contributed by atoms with Crippen LogP contribution in [0.3, 0.4) is 0 Å². The Bertz CT molecular complexity index is 805. The Morgan fingerprint density at radius 3 is 2.53 bits per heavy atom. The van der Waals surface area contributed by atoms with Gasteiger partial charge in [-0.1, -0.05) is 43.2 Å². The first kappa shape index (κ1) is 24.6. The van der Waals surface area contributed by atoms with Crippen molar-refractivity contribution in [2.75, 3.05) is 12.9 Å². The fourth-order valence-electron chi connectivity index (χ4n) is 5.18. The average Bonchev–Trinajstić information content (AvgIpc) is 3.19. The van der Waals surface area contributed by atoms with Crippen LogP contribution in [-0.4, -0.2) is 64.9 Å². The number of carbonyl (C=O) groups excluding carboxylic acids is 2. The number of amides is 1. The molecule has 1 aromatic carbocycles. The second-order valence-electron chi connectivity index (χ2n) is 8.63. The van der Waals surface area contributed by atoms with Crippen molar-refractivity contribution in [3.8, 4) is 0 Å². The van der Waals surface area contributed by atoms with E-state index in [-0.39, 0.29) is 29.7 Å². The Hall–Kier alpha value is -2.06. The molecule has 0 spiro atoms. The van der Waals surface area contributed by atoms with Crippen LogP contribution in [0, 0.1) is 5.92 Å². The largest absolute Gasteiger partial charge is 0.480 e. The molecule has 1 saturated heterocycles. The topological polar surface area (TPSA) is 95.9 Å². The van der Waals surface area contributed by atoms with Crippen LogP contribution < -0.4 is 5.32 Å². The smallest absolute Gasteiger partial charge is 0.326 e. The molecule has 6 atom stereocenters. The number of likely N-dealkylation sites (tertiary alicyclic amines) is 1. The molecule has 1 aromatic rings. The Kier molecular flexibility index (Phi) is 8.59. The number of carboxylic acid groups (broad SMARTS) is 1. The molecular weight excluding hydrogens is 428 g/mol. The number of esters is 1. The van der Waals surface area contributed by atoms with E-state index in [2.05, 4.69) is 5.32 Å². The van der Waals surface area contributed by atoms with Crippen molar-refractivity contribution in [1.82, 2.24) is 10.2 Å². The Morgan fingerprint density at radius 2 is 1.91 bits per heavy atom. The number of ether oxygens (including phenoxy) is 1. The maximum absolute atomic E-state index is 13.5. The first-order chi connectivity index (χ1) is 15.4. The molecule has 7 nitrogen and oxygen atoms in total. The zero-order valence-corrected chi connectivity index (χ0v) is 19.8. The van der Waals surface area contributed by atoms with Crippen molar-refractivity contribution in [3.05, 3.63) is 35.9 Å². The molecule has 1 amide bonds. The number of hydrogen-bond donors (Lipinski definition) is 2. The fraction of sp³-hybridized carbons (Fsp3) is 0.625. The molecule has 1 aliphatic carbocycles. The van der Waals surface area contributed by atoms with Gasteiger partial charge in [0, 0.05) is 6.04 Å². The van der Waals surface area contributed by atoms with Crippen LogP contribution in [0.2, 0.25) is 0 Å². The quantitative estimate of drug-likeness (QED) is 0.544. The van der Waals surface area contributed by atoms with Crippen LogP contribution in [0.4, 0.5) is 0 Å². The molecule has 2 N–H and O–H groups in total. The molecule has 176 valence electrons. The van der Waals surface area contributed by atoms with E-state index in [0.717, 1.165) is 31.2 Å². The number of rotatable bonds is 9. The van der Waals surface area contributed by atoms with Gasteiger partial charge < -0.3 is 14.7 Å². The summed E-state index contributed by atoms with van der Waals surface area (Å²) in [5.74, 6) is -1.38. The van der Waals surface area contributed by atoms with E-state index in [9.17, 15) is 19.5 Å². The van der Waals surface area contributed by atoms with Crippen LogP contribution in [0.25, 0.3) is 0 Å². The highest BCUT2D eigenvalue weighted by Gasteiger charge is 2.48. The summed E-state index contributed by atoms with van der Waals surface area (Å²) >= 11 is 1.51. The summed E-state index contributed by atoms with van der Waals surface area (Å²) < 4.78 is 5.33. The van der Waals surface area contributed by atoms with E-state index in [1.54, 1.807) is 18.7 Å². The van der Waals surface area contributed by atoms with Gasteiger partial charge in [0.1, 0.15) is 12.1 Å². The van der Waals surface area contributed by atoms with Crippen molar-refractivity contribution >= 4 is 29.6 Å². The number of aliphatic carboxylic acids is 1. The number of benzene rings is 1. The van der Waals surface area contributed by atoms with E-state index in [1.807, 2.05) is 36.6 Å². The second kappa shape index (κ2) is 11.2. The first-order valence-corrected chi connectivity index (χ1v) is 12.7. The molecule has 2 fully saturated rings. The highest BCUT2D eigenvalue weighted by molar-refractivity contribution is 7.98. The Labute approximate surface area is 194 Å². The number of carboxylic acids is 1. The molecule has 1 saturated carbocycles. The van der Waals surface area contributed by atoms with Gasteiger partial charge in [0.25, 0.3) is 0 Å². The zero-order valence-electron chi connectivity index (χ0n) is 19.0. The molecular formula is C24H34N2O5S. The van der Waals surface area contributed by atoms with E-state index < -0.39 is 30.1 Å². The maximum Gasteiger partial charge on any atom is 0.326 e. The van der Waals surface area contributed by atoms with Crippen molar-refractivity contribution in [2.45, 2.75) is 75.4 Å². The van der Waals surface area contributed by atoms with Gasteiger partial charge in [0.2, 0.25) is 5.91 Å². The molecule has 1 aliphatic heterocycles. The number of nitrogens with one attached hydrogen (secondary N) is 1. The second-order valence-corrected chi connectivity index (χ2v) is 9.61. The number of hydrogen-bond acceptors (Lipinski definition) is 6. The third-order valence-corrected chi connectivity index (χ3v) is 7.71. The monoisotopic (exact) mass is 462 g/mol. The lowest BCUT2D eigenvalue weighted by Gasteiger charge is -2.36.